The molecule has 1 amide bonds. The molecule has 2 aliphatic heterocycles. The van der Waals surface area contributed by atoms with E-state index in [9.17, 15) is 13.2 Å². The molecule has 0 saturated carbocycles. The van der Waals surface area contributed by atoms with Crippen molar-refractivity contribution in [1.82, 2.24) is 14.7 Å². The number of ether oxygens (including phenoxy) is 4. The number of cyclic esters (lactones) is 1. The monoisotopic (exact) mass is 542 g/mol. The van der Waals surface area contributed by atoms with Crippen LogP contribution in [0.2, 0.25) is 0 Å². The largest absolute Gasteiger partial charge is 0.486 e. The number of aromatic nitrogens is 2. The second-order valence-electron chi connectivity index (χ2n) is 9.34. The Morgan fingerprint density at radius 2 is 1.95 bits per heavy atom. The van der Waals surface area contributed by atoms with Crippen molar-refractivity contribution in [2.45, 2.75) is 37.8 Å². The highest BCUT2D eigenvalue weighted by atomic mass is 32.2. The number of carbonyl (C=O) groups excluding carboxylic acids is 1. The standard InChI is InChI=1S/C26H30N4O7S/c1-34-24-10-8-21-25(28-24)17(11-12-27-21)3-4-18(29-38(2,32)33)5-7-20-16-30(26(31)37-20)19-6-9-22-23(15-19)36-14-13-35-22/h6,8-12,15,18,20,29H,3-5,7,13-14,16H2,1-2H3/t18-,20+/m0/s1. The summed E-state index contributed by atoms with van der Waals surface area (Å²) in [5, 5.41) is 0. The molecule has 1 saturated heterocycles. The van der Waals surface area contributed by atoms with Gasteiger partial charge in [0, 0.05) is 24.4 Å². The highest BCUT2D eigenvalue weighted by Gasteiger charge is 2.33. The molecule has 2 atom stereocenters. The highest BCUT2D eigenvalue weighted by molar-refractivity contribution is 7.88. The van der Waals surface area contributed by atoms with Crippen LogP contribution in [-0.4, -0.2) is 69.7 Å². The van der Waals surface area contributed by atoms with E-state index in [0.717, 1.165) is 22.9 Å². The highest BCUT2D eigenvalue weighted by Crippen LogP contribution is 2.35. The van der Waals surface area contributed by atoms with Gasteiger partial charge in [0.05, 0.1) is 36.6 Å². The lowest BCUT2D eigenvalue weighted by molar-refractivity contribution is 0.133. The summed E-state index contributed by atoms with van der Waals surface area (Å²) in [7, 11) is -1.89. The van der Waals surface area contributed by atoms with Crippen LogP contribution in [0.5, 0.6) is 17.4 Å². The molecular formula is C26H30N4O7S. The number of carbonyl (C=O) groups is 1. The molecule has 1 N–H and O–H groups in total. The number of aryl methyl sites for hydroxylation is 1. The van der Waals surface area contributed by atoms with E-state index < -0.39 is 16.1 Å². The van der Waals surface area contributed by atoms with Gasteiger partial charge in [0.25, 0.3) is 0 Å². The summed E-state index contributed by atoms with van der Waals surface area (Å²) in [5.41, 5.74) is 3.09. The predicted molar refractivity (Wildman–Crippen MR) is 140 cm³/mol. The zero-order valence-corrected chi connectivity index (χ0v) is 22.1. The van der Waals surface area contributed by atoms with Crippen molar-refractivity contribution in [2.24, 2.45) is 0 Å². The summed E-state index contributed by atoms with van der Waals surface area (Å²) in [6.45, 7) is 1.31. The van der Waals surface area contributed by atoms with Crippen molar-refractivity contribution in [3.05, 3.63) is 48.2 Å². The number of nitrogens with zero attached hydrogens (tertiary/aromatic N) is 3. The van der Waals surface area contributed by atoms with Gasteiger partial charge in [-0.15, -0.1) is 0 Å². The molecule has 4 heterocycles. The number of rotatable bonds is 10. The number of nitrogens with one attached hydrogen (secondary N) is 1. The Balaban J connectivity index is 1.24. The fraction of sp³-hybridized carbons (Fsp3) is 0.423. The van der Waals surface area contributed by atoms with Gasteiger partial charge in [-0.05, 0) is 55.5 Å². The molecule has 2 aliphatic rings. The lowest BCUT2D eigenvalue weighted by atomic mass is 10.0. The Labute approximate surface area is 221 Å². The summed E-state index contributed by atoms with van der Waals surface area (Å²) >= 11 is 0. The van der Waals surface area contributed by atoms with Crippen LogP contribution < -0.4 is 23.8 Å². The number of sulfonamides is 1. The molecule has 0 unspecified atom stereocenters. The molecule has 12 heteroatoms. The van der Waals surface area contributed by atoms with E-state index in [1.54, 1.807) is 42.5 Å². The summed E-state index contributed by atoms with van der Waals surface area (Å²) in [6, 6.07) is 10.5. The molecule has 0 spiro atoms. The van der Waals surface area contributed by atoms with E-state index in [0.29, 0.717) is 68.5 Å². The molecule has 0 radical (unpaired) electrons. The van der Waals surface area contributed by atoms with E-state index in [2.05, 4.69) is 14.7 Å². The number of methoxy groups -OCH3 is 1. The van der Waals surface area contributed by atoms with E-state index >= 15 is 0 Å². The molecule has 1 aromatic carbocycles. The number of anilines is 1. The van der Waals surface area contributed by atoms with Gasteiger partial charge < -0.3 is 18.9 Å². The van der Waals surface area contributed by atoms with Crippen molar-refractivity contribution in [1.29, 1.82) is 0 Å². The van der Waals surface area contributed by atoms with Crippen molar-refractivity contribution in [2.75, 3.05) is 38.0 Å². The summed E-state index contributed by atoms with van der Waals surface area (Å²) < 4.78 is 48.9. The number of hydrogen-bond donors (Lipinski definition) is 1. The lowest BCUT2D eigenvalue weighted by Crippen LogP contribution is -2.35. The van der Waals surface area contributed by atoms with E-state index in [-0.39, 0.29) is 12.1 Å². The van der Waals surface area contributed by atoms with Gasteiger partial charge in [-0.3, -0.25) is 9.88 Å². The van der Waals surface area contributed by atoms with Gasteiger partial charge in [-0.1, -0.05) is 0 Å². The van der Waals surface area contributed by atoms with Crippen LogP contribution in [-0.2, 0) is 21.2 Å². The second kappa shape index (κ2) is 11.0. The number of fused-ring (bicyclic) bond motifs is 2. The lowest BCUT2D eigenvalue weighted by Gasteiger charge is -2.21. The summed E-state index contributed by atoms with van der Waals surface area (Å²) in [4.78, 5) is 23.1. The van der Waals surface area contributed by atoms with Gasteiger partial charge >= 0.3 is 6.09 Å². The molecule has 3 aromatic rings. The van der Waals surface area contributed by atoms with Crippen molar-refractivity contribution in [3.63, 3.8) is 0 Å². The van der Waals surface area contributed by atoms with Crippen LogP contribution in [0.15, 0.2) is 42.6 Å². The average molecular weight is 543 g/mol. The maximum atomic E-state index is 12.6. The molecule has 2 aromatic heterocycles. The van der Waals surface area contributed by atoms with E-state index in [1.165, 1.54) is 0 Å². The Morgan fingerprint density at radius 3 is 2.74 bits per heavy atom. The van der Waals surface area contributed by atoms with E-state index in [4.69, 9.17) is 18.9 Å². The predicted octanol–water partition coefficient (Wildman–Crippen LogP) is 3.07. The first-order valence-corrected chi connectivity index (χ1v) is 14.3. The first-order valence-electron chi connectivity index (χ1n) is 12.4. The smallest absolute Gasteiger partial charge is 0.414 e. The maximum Gasteiger partial charge on any atom is 0.414 e. The summed E-state index contributed by atoms with van der Waals surface area (Å²) in [5.74, 6) is 1.73. The number of amides is 1. The van der Waals surface area contributed by atoms with Gasteiger partial charge in [-0.25, -0.2) is 22.9 Å². The minimum absolute atomic E-state index is 0.346. The maximum absolute atomic E-state index is 12.6. The molecule has 38 heavy (non-hydrogen) atoms. The second-order valence-corrected chi connectivity index (χ2v) is 11.1. The zero-order valence-electron chi connectivity index (χ0n) is 21.3. The minimum atomic E-state index is -3.44. The van der Waals surface area contributed by atoms with Crippen molar-refractivity contribution >= 4 is 32.8 Å². The molecule has 0 aliphatic carbocycles. The third-order valence-corrected chi connectivity index (χ3v) is 7.30. The van der Waals surface area contributed by atoms with Crippen LogP contribution in [0, 0.1) is 0 Å². The fourth-order valence-corrected chi connectivity index (χ4v) is 5.58. The van der Waals surface area contributed by atoms with Gasteiger partial charge in [-0.2, -0.15) is 0 Å². The Bertz CT molecular complexity index is 1430. The van der Waals surface area contributed by atoms with Crippen LogP contribution in [0.4, 0.5) is 10.5 Å². The third-order valence-electron chi connectivity index (χ3n) is 6.54. The first-order chi connectivity index (χ1) is 18.3. The number of pyridine rings is 2. The van der Waals surface area contributed by atoms with Crippen LogP contribution in [0.1, 0.15) is 24.8 Å². The molecular weight excluding hydrogens is 512 g/mol. The molecule has 1 fully saturated rings. The Morgan fingerprint density at radius 1 is 1.13 bits per heavy atom. The first kappa shape index (κ1) is 26.0. The van der Waals surface area contributed by atoms with Gasteiger partial charge in [0.2, 0.25) is 15.9 Å². The topological polar surface area (TPSA) is 129 Å². The average Bonchev–Trinajstić information content (AvgIpc) is 3.29. The molecule has 5 rings (SSSR count). The minimum Gasteiger partial charge on any atom is -0.486 e. The Hall–Kier alpha value is -3.64. The molecule has 202 valence electrons. The van der Waals surface area contributed by atoms with Gasteiger partial charge in [0.15, 0.2) is 11.5 Å². The van der Waals surface area contributed by atoms with Crippen molar-refractivity contribution in [3.8, 4) is 17.4 Å². The van der Waals surface area contributed by atoms with Crippen molar-refractivity contribution < 1.29 is 32.2 Å². The summed E-state index contributed by atoms with van der Waals surface area (Å²) in [6.07, 6.45) is 4.18. The quantitative estimate of drug-likeness (QED) is 0.411. The third kappa shape index (κ3) is 6.08. The number of benzene rings is 1. The Kier molecular flexibility index (Phi) is 7.52. The number of hydrogen-bond acceptors (Lipinski definition) is 9. The fourth-order valence-electron chi connectivity index (χ4n) is 4.74. The SMILES string of the molecule is COc1ccc2nccc(CC[C@@H](CC[C@@H]3CN(c4ccc5c(c4)OCCO5)C(=O)O3)NS(C)(=O)=O)c2n1. The van der Waals surface area contributed by atoms with E-state index in [1.807, 2.05) is 12.1 Å². The normalized spacial score (nSPS) is 17.9. The van der Waals surface area contributed by atoms with Gasteiger partial charge in [0.1, 0.15) is 19.3 Å². The zero-order chi connectivity index (χ0) is 26.7. The van der Waals surface area contributed by atoms with Crippen LogP contribution >= 0.6 is 0 Å². The van der Waals surface area contributed by atoms with Crippen LogP contribution in [0.25, 0.3) is 11.0 Å². The molecule has 0 bridgehead atoms. The van der Waals surface area contributed by atoms with Crippen LogP contribution in [0.3, 0.4) is 0 Å². The molecule has 11 nitrogen and oxygen atoms in total.